The summed E-state index contributed by atoms with van der Waals surface area (Å²) in [6.45, 7) is 2.92. The van der Waals surface area contributed by atoms with Crippen molar-refractivity contribution in [2.75, 3.05) is 26.2 Å². The van der Waals surface area contributed by atoms with Crippen LogP contribution in [0.3, 0.4) is 0 Å². The molecule has 0 spiro atoms. The van der Waals surface area contributed by atoms with Gasteiger partial charge < -0.3 is 24.7 Å². The van der Waals surface area contributed by atoms with E-state index in [2.05, 4.69) is 11.1 Å². The van der Waals surface area contributed by atoms with Gasteiger partial charge in [-0.15, -0.1) is 11.3 Å². The van der Waals surface area contributed by atoms with Crippen molar-refractivity contribution in [3.63, 3.8) is 0 Å². The van der Waals surface area contributed by atoms with Crippen LogP contribution in [0.1, 0.15) is 84.8 Å². The van der Waals surface area contributed by atoms with Crippen molar-refractivity contribution in [1.29, 1.82) is 5.26 Å². The number of para-hydroxylation sites is 1. The Labute approximate surface area is 312 Å². The number of thiophene rings is 1. The molecule has 2 unspecified atom stereocenters. The van der Waals surface area contributed by atoms with Crippen molar-refractivity contribution in [3.8, 4) is 17.6 Å². The smallest absolute Gasteiger partial charge is 0.425 e. The number of carboxylic acid groups (broad SMARTS) is 1. The van der Waals surface area contributed by atoms with Crippen molar-refractivity contribution in [3.05, 3.63) is 75.7 Å². The molecule has 0 aliphatic carbocycles. The van der Waals surface area contributed by atoms with Gasteiger partial charge in [0.2, 0.25) is 5.91 Å². The van der Waals surface area contributed by atoms with Crippen molar-refractivity contribution in [2.24, 2.45) is 5.92 Å². The lowest BCUT2D eigenvalue weighted by Crippen LogP contribution is -2.55. The van der Waals surface area contributed by atoms with Gasteiger partial charge in [-0.05, 0) is 56.7 Å². The van der Waals surface area contributed by atoms with Crippen LogP contribution in [0.5, 0.6) is 11.5 Å². The number of aromatic nitrogens is 1. The van der Waals surface area contributed by atoms with Crippen LogP contribution in [0, 0.1) is 17.2 Å². The lowest BCUT2D eigenvalue weighted by atomic mass is 9.73. The molecule has 17 heteroatoms. The molecule has 2 saturated heterocycles. The molecule has 2 fully saturated rings. The zero-order valence-corrected chi connectivity index (χ0v) is 30.1. The van der Waals surface area contributed by atoms with E-state index in [1.54, 1.807) is 17.0 Å². The van der Waals surface area contributed by atoms with Crippen LogP contribution in [0.25, 0.3) is 0 Å². The lowest BCUT2D eigenvalue weighted by Gasteiger charge is -2.44. The fourth-order valence-electron chi connectivity index (χ4n) is 6.84. The molecule has 10 nitrogen and oxygen atoms in total. The van der Waals surface area contributed by atoms with Gasteiger partial charge in [0.1, 0.15) is 22.1 Å². The Bertz CT molecular complexity index is 1800. The van der Waals surface area contributed by atoms with Crippen molar-refractivity contribution in [2.45, 2.75) is 82.1 Å². The summed E-state index contributed by atoms with van der Waals surface area (Å²) < 4.78 is 82.0. The minimum atomic E-state index is -4.74. The van der Waals surface area contributed by atoms with Crippen LogP contribution in [-0.2, 0) is 27.4 Å². The number of hydrogen-bond acceptors (Lipinski definition) is 8. The summed E-state index contributed by atoms with van der Waals surface area (Å²) in [5.74, 6) is -2.31. The number of benzene rings is 1. The van der Waals surface area contributed by atoms with E-state index in [-0.39, 0.29) is 31.2 Å². The number of nitrogens with zero attached hydrogens (tertiary/aromatic N) is 4. The highest BCUT2D eigenvalue weighted by molar-refractivity contribution is 7.10. The number of aromatic hydroxyl groups is 1. The molecule has 292 valence electrons. The molecular formula is C37H40F6N4O6S. The first-order chi connectivity index (χ1) is 25.5. The fourth-order valence-corrected chi connectivity index (χ4v) is 7.48. The van der Waals surface area contributed by atoms with Crippen LogP contribution in [0.4, 0.5) is 26.3 Å². The van der Waals surface area contributed by atoms with Crippen molar-refractivity contribution in [1.82, 2.24) is 14.8 Å². The van der Waals surface area contributed by atoms with Gasteiger partial charge in [-0.2, -0.15) is 31.6 Å². The van der Waals surface area contributed by atoms with Crippen LogP contribution in [-0.4, -0.2) is 75.1 Å². The second kappa shape index (κ2) is 18.0. The minimum Gasteiger partial charge on any atom is -0.507 e. The van der Waals surface area contributed by atoms with Crippen LogP contribution in [0.2, 0.25) is 0 Å². The van der Waals surface area contributed by atoms with E-state index < -0.39 is 57.7 Å². The minimum absolute atomic E-state index is 0.0306. The van der Waals surface area contributed by atoms with E-state index in [0.717, 1.165) is 23.7 Å². The third kappa shape index (κ3) is 10.2. The summed E-state index contributed by atoms with van der Waals surface area (Å²) >= 11 is 0.481. The zero-order chi connectivity index (χ0) is 39.7. The molecule has 2 aliphatic heterocycles. The highest BCUT2D eigenvalue weighted by Crippen LogP contribution is 2.41. The van der Waals surface area contributed by atoms with E-state index in [1.165, 1.54) is 4.90 Å². The average molecular weight is 783 g/mol. The van der Waals surface area contributed by atoms with E-state index >= 15 is 0 Å². The molecule has 2 N–H and O–H groups in total. The first-order valence-corrected chi connectivity index (χ1v) is 18.2. The van der Waals surface area contributed by atoms with Gasteiger partial charge in [0.25, 0.3) is 5.91 Å². The average Bonchev–Trinajstić information content (AvgIpc) is 3.60. The monoisotopic (exact) mass is 782 g/mol. The highest BCUT2D eigenvalue weighted by Gasteiger charge is 2.45. The molecule has 0 saturated carbocycles. The molecular weight excluding hydrogens is 742 g/mol. The number of hydrogen-bond donors (Lipinski definition) is 2. The summed E-state index contributed by atoms with van der Waals surface area (Å²) in [6, 6.07) is 11.7. The Morgan fingerprint density at radius 2 is 1.76 bits per heavy atom. The molecule has 3 aromatic rings. The number of carboxylic acids is 1. The van der Waals surface area contributed by atoms with Gasteiger partial charge in [0.15, 0.2) is 0 Å². The number of piperidine rings is 2. The van der Waals surface area contributed by atoms with Crippen LogP contribution in [0.15, 0.2) is 54.0 Å². The summed E-state index contributed by atoms with van der Waals surface area (Å²) in [5, 5.41) is 28.8. The van der Waals surface area contributed by atoms with Gasteiger partial charge in [-0.1, -0.05) is 31.5 Å². The third-order valence-electron chi connectivity index (χ3n) is 9.46. The Balaban J connectivity index is 0.000000562. The van der Waals surface area contributed by atoms with Gasteiger partial charge in [-0.25, -0.2) is 0 Å². The molecule has 2 aromatic heterocycles. The fraction of sp³-hybridized carbons (Fsp3) is 0.486. The molecule has 0 radical (unpaired) electrons. The Morgan fingerprint density at radius 3 is 2.33 bits per heavy atom. The van der Waals surface area contributed by atoms with E-state index in [9.17, 15) is 46.0 Å². The third-order valence-corrected chi connectivity index (χ3v) is 10.4. The number of ether oxygens (including phenoxy) is 1. The number of carbonyl (C=O) groups is 3. The van der Waals surface area contributed by atoms with E-state index in [1.807, 2.05) is 19.1 Å². The number of carbonyl (C=O) groups excluding carboxylic acids is 2. The second-order valence-corrected chi connectivity index (χ2v) is 13.9. The van der Waals surface area contributed by atoms with Gasteiger partial charge in [-0.3, -0.25) is 19.4 Å². The molecule has 54 heavy (non-hydrogen) atoms. The normalized spacial score (nSPS) is 18.6. The van der Waals surface area contributed by atoms with E-state index in [4.69, 9.17) is 14.9 Å². The number of halogens is 6. The number of aliphatic carboxylic acids is 1. The standard InChI is InChI=1S/C32H37F3N4O5.C5H3F3OS/c1-2-8-25-22(9-6-17-39(25)30(43)28-24(32(33,34)35)11-5-16-37-28)29(42)38-18-14-31(21-36,15-19-38)23-10-3-4-12-26(23)44-20-7-13-27(40)41;6-5(7,8)4-1-3(9)2-10-4/h3-5,10-12,16,22,25H,2,6-9,13-15,17-20H2,1H3,(H,40,41);1-2,9H. The summed E-state index contributed by atoms with van der Waals surface area (Å²) in [5.41, 5.74) is -1.97. The van der Waals surface area contributed by atoms with Gasteiger partial charge >= 0.3 is 18.3 Å². The maximum absolute atomic E-state index is 13.9. The largest absolute Gasteiger partial charge is 0.507 e. The Morgan fingerprint density at radius 1 is 1.06 bits per heavy atom. The van der Waals surface area contributed by atoms with Gasteiger partial charge in [0, 0.05) is 55.3 Å². The highest BCUT2D eigenvalue weighted by atomic mass is 32.1. The Kier molecular flexibility index (Phi) is 14.0. The molecule has 4 heterocycles. The van der Waals surface area contributed by atoms with Crippen molar-refractivity contribution < 1.29 is 55.7 Å². The zero-order valence-electron chi connectivity index (χ0n) is 29.3. The summed E-state index contributed by atoms with van der Waals surface area (Å²) in [6.07, 6.45) is -4.85. The molecule has 2 aliphatic rings. The molecule has 0 bridgehead atoms. The first-order valence-electron chi connectivity index (χ1n) is 17.3. The van der Waals surface area contributed by atoms with Crippen LogP contribution < -0.4 is 4.74 Å². The number of likely N-dealkylation sites (tertiary alicyclic amines) is 2. The lowest BCUT2D eigenvalue weighted by molar-refractivity contribution is -0.141. The first kappa shape index (κ1) is 41.9. The number of alkyl halides is 6. The molecule has 1 aromatic carbocycles. The van der Waals surface area contributed by atoms with Gasteiger partial charge in [0.05, 0.1) is 29.6 Å². The number of amides is 2. The second-order valence-electron chi connectivity index (χ2n) is 13.0. The maximum atomic E-state index is 13.9. The SMILES string of the molecule is CCCC1C(C(=O)N2CCC(C#N)(c3ccccc3OCCCC(=O)O)CC2)CCCN1C(=O)c1ncccc1C(F)(F)F.Oc1csc(C(F)(F)F)c1. The summed E-state index contributed by atoms with van der Waals surface area (Å²) in [7, 11) is 0. The van der Waals surface area contributed by atoms with Crippen LogP contribution >= 0.6 is 11.3 Å². The number of nitriles is 1. The number of rotatable bonds is 10. The Hall–Kier alpha value is -4.85. The predicted molar refractivity (Wildman–Crippen MR) is 185 cm³/mol. The predicted octanol–water partition coefficient (Wildman–Crippen LogP) is 7.92. The van der Waals surface area contributed by atoms with E-state index in [0.29, 0.717) is 86.8 Å². The topological polar surface area (TPSA) is 144 Å². The molecule has 2 atom stereocenters. The molecule has 5 rings (SSSR count). The quantitative estimate of drug-likeness (QED) is 0.156. The van der Waals surface area contributed by atoms with Crippen molar-refractivity contribution >= 4 is 29.1 Å². The maximum Gasteiger partial charge on any atom is 0.425 e. The summed E-state index contributed by atoms with van der Waals surface area (Å²) in [4.78, 5) is 44.4. The molecule has 2 amide bonds. The number of pyridine rings is 1.